The number of amides is 1. The first kappa shape index (κ1) is 20.0. The lowest BCUT2D eigenvalue weighted by Crippen LogP contribution is -2.22. The highest BCUT2D eigenvalue weighted by molar-refractivity contribution is 6.30. The summed E-state index contributed by atoms with van der Waals surface area (Å²) in [5.74, 6) is 0.0722. The Hall–Kier alpha value is -3.25. The SMILES string of the molecule is CCCn1c(-c2cccc(C(=O)NCc3ccc(F)c(Cl)c3)c2)nc2cccnc21. The summed E-state index contributed by atoms with van der Waals surface area (Å²) < 4.78 is 15.4. The minimum absolute atomic E-state index is 0.0344. The molecule has 4 rings (SSSR count). The van der Waals surface area contributed by atoms with Crippen molar-refractivity contribution >= 4 is 28.7 Å². The fourth-order valence-corrected chi connectivity index (χ4v) is 3.55. The van der Waals surface area contributed by atoms with Gasteiger partial charge in [-0.15, -0.1) is 0 Å². The van der Waals surface area contributed by atoms with Crippen LogP contribution in [0.2, 0.25) is 5.02 Å². The molecule has 0 saturated carbocycles. The van der Waals surface area contributed by atoms with Crippen molar-refractivity contribution in [2.75, 3.05) is 0 Å². The number of hydrogen-bond acceptors (Lipinski definition) is 3. The normalized spacial score (nSPS) is 11.0. The Bertz CT molecular complexity index is 1220. The number of aryl methyl sites for hydroxylation is 1. The third kappa shape index (κ3) is 4.04. The average Bonchev–Trinajstić information content (AvgIpc) is 3.13. The number of imidazole rings is 1. The molecule has 30 heavy (non-hydrogen) atoms. The fourth-order valence-electron chi connectivity index (χ4n) is 3.35. The number of carbonyl (C=O) groups excluding carboxylic acids is 1. The lowest BCUT2D eigenvalue weighted by atomic mass is 10.1. The van der Waals surface area contributed by atoms with Crippen molar-refractivity contribution in [1.82, 2.24) is 19.9 Å². The topological polar surface area (TPSA) is 59.8 Å². The van der Waals surface area contributed by atoms with E-state index in [1.54, 1.807) is 18.3 Å². The van der Waals surface area contributed by atoms with Gasteiger partial charge in [0, 0.05) is 30.4 Å². The standard InChI is InChI=1S/C23H20ClFN4O/c1-2-11-29-21(28-20-7-4-10-26-22(20)29)16-5-3-6-17(13-16)23(30)27-14-15-8-9-19(25)18(24)12-15/h3-10,12-13H,2,11,14H2,1H3,(H,27,30). The summed E-state index contributed by atoms with van der Waals surface area (Å²) in [5.41, 5.74) is 3.74. The van der Waals surface area contributed by atoms with Gasteiger partial charge in [-0.3, -0.25) is 4.79 Å². The predicted octanol–water partition coefficient (Wildman–Crippen LogP) is 5.23. The molecule has 0 aliphatic carbocycles. The van der Waals surface area contributed by atoms with Crippen molar-refractivity contribution in [3.63, 3.8) is 0 Å². The molecule has 4 aromatic rings. The van der Waals surface area contributed by atoms with Gasteiger partial charge in [0.15, 0.2) is 5.65 Å². The number of hydrogen-bond donors (Lipinski definition) is 1. The van der Waals surface area contributed by atoms with Crippen LogP contribution in [-0.2, 0) is 13.1 Å². The van der Waals surface area contributed by atoms with Crippen LogP contribution in [0.3, 0.4) is 0 Å². The molecule has 0 radical (unpaired) electrons. The molecule has 1 N–H and O–H groups in total. The lowest BCUT2D eigenvalue weighted by molar-refractivity contribution is 0.0951. The van der Waals surface area contributed by atoms with Crippen molar-refractivity contribution in [2.45, 2.75) is 26.4 Å². The van der Waals surface area contributed by atoms with Gasteiger partial charge in [-0.1, -0.05) is 36.7 Å². The molecule has 2 heterocycles. The molecule has 2 aromatic carbocycles. The molecule has 0 spiro atoms. The van der Waals surface area contributed by atoms with Gasteiger partial charge in [-0.2, -0.15) is 0 Å². The first-order valence-corrected chi connectivity index (χ1v) is 10.1. The Morgan fingerprint density at radius 3 is 2.83 bits per heavy atom. The number of pyridine rings is 1. The Morgan fingerprint density at radius 1 is 1.17 bits per heavy atom. The van der Waals surface area contributed by atoms with Crippen molar-refractivity contribution in [2.24, 2.45) is 0 Å². The number of fused-ring (bicyclic) bond motifs is 1. The molecule has 0 bridgehead atoms. The van der Waals surface area contributed by atoms with Crippen molar-refractivity contribution < 1.29 is 9.18 Å². The average molecular weight is 423 g/mol. The number of aromatic nitrogens is 3. The molecule has 1 amide bonds. The maximum atomic E-state index is 13.3. The van der Waals surface area contributed by atoms with Crippen LogP contribution in [0.25, 0.3) is 22.6 Å². The summed E-state index contributed by atoms with van der Waals surface area (Å²) in [7, 11) is 0. The van der Waals surface area contributed by atoms with E-state index in [2.05, 4.69) is 21.8 Å². The maximum absolute atomic E-state index is 13.3. The fraction of sp³-hybridized carbons (Fsp3) is 0.174. The Kier molecular flexibility index (Phi) is 5.77. The van der Waals surface area contributed by atoms with Crippen LogP contribution >= 0.6 is 11.6 Å². The zero-order chi connectivity index (χ0) is 21.1. The maximum Gasteiger partial charge on any atom is 0.251 e. The number of nitrogens with one attached hydrogen (secondary N) is 1. The van der Waals surface area contributed by atoms with E-state index in [4.69, 9.17) is 16.6 Å². The molecule has 0 aliphatic heterocycles. The second-order valence-corrected chi connectivity index (χ2v) is 7.35. The van der Waals surface area contributed by atoms with E-state index in [-0.39, 0.29) is 17.5 Å². The highest BCUT2D eigenvalue weighted by atomic mass is 35.5. The lowest BCUT2D eigenvalue weighted by Gasteiger charge is -2.10. The Labute approximate surface area is 178 Å². The molecule has 0 atom stereocenters. The largest absolute Gasteiger partial charge is 0.348 e. The monoisotopic (exact) mass is 422 g/mol. The van der Waals surface area contributed by atoms with Gasteiger partial charge >= 0.3 is 0 Å². The van der Waals surface area contributed by atoms with Crippen LogP contribution in [0.1, 0.15) is 29.3 Å². The second kappa shape index (κ2) is 8.63. The molecule has 0 fully saturated rings. The number of rotatable bonds is 6. The molecule has 7 heteroatoms. The number of halogens is 2. The molecule has 152 valence electrons. The van der Waals surface area contributed by atoms with E-state index in [1.807, 2.05) is 30.3 Å². The minimum atomic E-state index is -0.482. The van der Waals surface area contributed by atoms with Crippen molar-refractivity contribution in [1.29, 1.82) is 0 Å². The quantitative estimate of drug-likeness (QED) is 0.462. The van der Waals surface area contributed by atoms with Crippen molar-refractivity contribution in [3.8, 4) is 11.4 Å². The number of carbonyl (C=O) groups is 1. The van der Waals surface area contributed by atoms with Crippen LogP contribution in [0.4, 0.5) is 4.39 Å². The predicted molar refractivity (Wildman–Crippen MR) is 116 cm³/mol. The van der Waals surface area contributed by atoms with Gasteiger partial charge in [0.2, 0.25) is 0 Å². The van der Waals surface area contributed by atoms with Crippen LogP contribution < -0.4 is 5.32 Å². The third-order valence-electron chi connectivity index (χ3n) is 4.77. The van der Waals surface area contributed by atoms with Gasteiger partial charge in [0.05, 0.1) is 5.02 Å². The molecular formula is C23H20ClFN4O. The van der Waals surface area contributed by atoms with Crippen LogP contribution in [0, 0.1) is 5.82 Å². The van der Waals surface area contributed by atoms with Crippen molar-refractivity contribution in [3.05, 3.63) is 82.8 Å². The zero-order valence-corrected chi connectivity index (χ0v) is 17.2. The van der Waals surface area contributed by atoms with Gasteiger partial charge in [-0.25, -0.2) is 14.4 Å². The Morgan fingerprint density at radius 2 is 2.03 bits per heavy atom. The van der Waals surface area contributed by atoms with Gasteiger partial charge in [0.1, 0.15) is 17.2 Å². The van der Waals surface area contributed by atoms with Gasteiger partial charge in [-0.05, 0) is 48.4 Å². The summed E-state index contributed by atoms with van der Waals surface area (Å²) in [6, 6.07) is 15.5. The molecule has 2 aromatic heterocycles. The van der Waals surface area contributed by atoms with Gasteiger partial charge in [0.25, 0.3) is 5.91 Å². The molecule has 0 unspecified atom stereocenters. The summed E-state index contributed by atoms with van der Waals surface area (Å²) in [6.45, 7) is 3.13. The summed E-state index contributed by atoms with van der Waals surface area (Å²) in [6.07, 6.45) is 2.70. The minimum Gasteiger partial charge on any atom is -0.348 e. The summed E-state index contributed by atoms with van der Waals surface area (Å²) in [4.78, 5) is 21.9. The van der Waals surface area contributed by atoms with E-state index >= 15 is 0 Å². The smallest absolute Gasteiger partial charge is 0.251 e. The zero-order valence-electron chi connectivity index (χ0n) is 16.4. The van der Waals surface area contributed by atoms with E-state index in [1.165, 1.54) is 12.1 Å². The first-order chi connectivity index (χ1) is 14.6. The van der Waals surface area contributed by atoms with Gasteiger partial charge < -0.3 is 9.88 Å². The van der Waals surface area contributed by atoms with Crippen LogP contribution in [0.5, 0.6) is 0 Å². The molecule has 0 saturated heterocycles. The highest BCUT2D eigenvalue weighted by Crippen LogP contribution is 2.25. The van der Waals surface area contributed by atoms with Crippen LogP contribution in [-0.4, -0.2) is 20.4 Å². The first-order valence-electron chi connectivity index (χ1n) is 9.70. The second-order valence-electron chi connectivity index (χ2n) is 6.95. The number of nitrogens with zero attached hydrogens (tertiary/aromatic N) is 3. The molecular weight excluding hydrogens is 403 g/mol. The Balaban J connectivity index is 1.59. The molecule has 5 nitrogen and oxygen atoms in total. The van der Waals surface area contributed by atoms with Crippen LogP contribution in [0.15, 0.2) is 60.8 Å². The summed E-state index contributed by atoms with van der Waals surface area (Å²) in [5, 5.41) is 2.88. The third-order valence-corrected chi connectivity index (χ3v) is 5.06. The molecule has 0 aliphatic rings. The van der Waals surface area contributed by atoms with E-state index in [0.717, 1.165) is 41.1 Å². The summed E-state index contributed by atoms with van der Waals surface area (Å²) >= 11 is 5.81. The van der Waals surface area contributed by atoms with E-state index < -0.39 is 5.82 Å². The highest BCUT2D eigenvalue weighted by Gasteiger charge is 2.15. The van der Waals surface area contributed by atoms with E-state index in [9.17, 15) is 9.18 Å². The van der Waals surface area contributed by atoms with E-state index in [0.29, 0.717) is 5.56 Å². The number of benzene rings is 2.